The second-order valence-corrected chi connectivity index (χ2v) is 5.07. The number of carbonyl (C=O) groups is 1. The van der Waals surface area contributed by atoms with Gasteiger partial charge in [0.25, 0.3) is 5.91 Å². The van der Waals surface area contributed by atoms with Crippen molar-refractivity contribution in [2.45, 2.75) is 6.92 Å². The Morgan fingerprint density at radius 1 is 1.43 bits per heavy atom. The SMILES string of the molecule is COc1cc(C=Cc2noc(C)c2N)cc(Cl)c1OCC(N)=O. The monoisotopic (exact) mass is 337 g/mol. The Morgan fingerprint density at radius 2 is 2.17 bits per heavy atom. The van der Waals surface area contributed by atoms with E-state index < -0.39 is 5.91 Å². The van der Waals surface area contributed by atoms with Gasteiger partial charge in [-0.3, -0.25) is 4.79 Å². The molecule has 4 N–H and O–H groups in total. The van der Waals surface area contributed by atoms with Crippen LogP contribution in [0.15, 0.2) is 16.7 Å². The number of aromatic nitrogens is 1. The largest absolute Gasteiger partial charge is 0.493 e. The molecule has 0 spiro atoms. The molecule has 1 heterocycles. The summed E-state index contributed by atoms with van der Waals surface area (Å²) in [5, 5.41) is 4.12. The number of nitrogens with two attached hydrogens (primary N) is 2. The quantitative estimate of drug-likeness (QED) is 0.835. The number of methoxy groups -OCH3 is 1. The van der Waals surface area contributed by atoms with Crippen LogP contribution in [-0.4, -0.2) is 24.8 Å². The summed E-state index contributed by atoms with van der Waals surface area (Å²) in [6.07, 6.45) is 3.45. The summed E-state index contributed by atoms with van der Waals surface area (Å²) in [5.41, 5.74) is 12.6. The first-order valence-electron chi connectivity index (χ1n) is 6.60. The second-order valence-electron chi connectivity index (χ2n) is 4.66. The molecule has 23 heavy (non-hydrogen) atoms. The van der Waals surface area contributed by atoms with Crippen molar-refractivity contribution in [3.63, 3.8) is 0 Å². The molecule has 0 saturated heterocycles. The summed E-state index contributed by atoms with van der Waals surface area (Å²) in [4.78, 5) is 10.8. The molecular weight excluding hydrogens is 322 g/mol. The number of anilines is 1. The van der Waals surface area contributed by atoms with Crippen LogP contribution in [0.25, 0.3) is 12.2 Å². The molecule has 0 saturated carbocycles. The van der Waals surface area contributed by atoms with Crippen molar-refractivity contribution in [1.29, 1.82) is 0 Å². The molecule has 122 valence electrons. The van der Waals surface area contributed by atoms with Gasteiger partial charge in [-0.25, -0.2) is 0 Å². The van der Waals surface area contributed by atoms with E-state index in [1.807, 2.05) is 0 Å². The number of ether oxygens (including phenoxy) is 2. The number of hydrogen-bond acceptors (Lipinski definition) is 6. The van der Waals surface area contributed by atoms with Gasteiger partial charge in [-0.15, -0.1) is 0 Å². The predicted molar refractivity (Wildman–Crippen MR) is 87.3 cm³/mol. The van der Waals surface area contributed by atoms with E-state index >= 15 is 0 Å². The normalized spacial score (nSPS) is 10.9. The zero-order valence-corrected chi connectivity index (χ0v) is 13.4. The van der Waals surface area contributed by atoms with Gasteiger partial charge in [-0.05, 0) is 30.7 Å². The van der Waals surface area contributed by atoms with Crippen LogP contribution >= 0.6 is 11.6 Å². The fourth-order valence-corrected chi connectivity index (χ4v) is 2.08. The molecular formula is C15H16ClN3O4. The summed E-state index contributed by atoms with van der Waals surface area (Å²) >= 11 is 6.16. The highest BCUT2D eigenvalue weighted by Crippen LogP contribution is 2.37. The van der Waals surface area contributed by atoms with Gasteiger partial charge in [0.05, 0.1) is 12.1 Å². The Kier molecular flexibility index (Phi) is 5.13. The molecule has 0 bridgehead atoms. The maximum Gasteiger partial charge on any atom is 0.255 e. The Hall–Kier alpha value is -2.67. The third-order valence-corrected chi connectivity index (χ3v) is 3.26. The van der Waals surface area contributed by atoms with Gasteiger partial charge in [0.2, 0.25) is 0 Å². The summed E-state index contributed by atoms with van der Waals surface area (Å²) in [5.74, 6) is 0.573. The lowest BCUT2D eigenvalue weighted by molar-refractivity contribution is -0.119. The van der Waals surface area contributed by atoms with Crippen molar-refractivity contribution in [3.8, 4) is 11.5 Å². The summed E-state index contributed by atoms with van der Waals surface area (Å²) in [6.45, 7) is 1.43. The van der Waals surface area contributed by atoms with E-state index in [1.165, 1.54) is 7.11 Å². The molecule has 2 rings (SSSR count). The summed E-state index contributed by atoms with van der Waals surface area (Å²) < 4.78 is 15.5. The van der Waals surface area contributed by atoms with Crippen molar-refractivity contribution < 1.29 is 18.8 Å². The first kappa shape index (κ1) is 16.7. The van der Waals surface area contributed by atoms with Crippen LogP contribution < -0.4 is 20.9 Å². The first-order chi connectivity index (χ1) is 10.9. The summed E-state index contributed by atoms with van der Waals surface area (Å²) in [6, 6.07) is 3.35. The number of hydrogen-bond donors (Lipinski definition) is 2. The lowest BCUT2D eigenvalue weighted by Crippen LogP contribution is -2.20. The van der Waals surface area contributed by atoms with E-state index in [1.54, 1.807) is 31.2 Å². The zero-order valence-electron chi connectivity index (χ0n) is 12.6. The van der Waals surface area contributed by atoms with Gasteiger partial charge in [0.15, 0.2) is 23.9 Å². The topological polar surface area (TPSA) is 114 Å². The Balaban J connectivity index is 2.28. The minimum Gasteiger partial charge on any atom is -0.493 e. The molecule has 1 amide bonds. The highest BCUT2D eigenvalue weighted by molar-refractivity contribution is 6.32. The molecule has 0 unspecified atom stereocenters. The average molecular weight is 338 g/mol. The third kappa shape index (κ3) is 3.95. The molecule has 1 aromatic carbocycles. The lowest BCUT2D eigenvalue weighted by atomic mass is 10.1. The zero-order chi connectivity index (χ0) is 17.0. The average Bonchev–Trinajstić information content (AvgIpc) is 2.82. The molecule has 8 heteroatoms. The maximum atomic E-state index is 10.8. The van der Waals surface area contributed by atoms with E-state index in [0.717, 1.165) is 5.56 Å². The molecule has 0 aliphatic carbocycles. The Labute approximate surface area is 137 Å². The van der Waals surface area contributed by atoms with Gasteiger partial charge in [0.1, 0.15) is 11.4 Å². The van der Waals surface area contributed by atoms with Gasteiger partial charge < -0.3 is 25.5 Å². The first-order valence-corrected chi connectivity index (χ1v) is 6.98. The van der Waals surface area contributed by atoms with Crippen LogP contribution in [0.1, 0.15) is 17.0 Å². The van der Waals surface area contributed by atoms with Gasteiger partial charge >= 0.3 is 0 Å². The van der Waals surface area contributed by atoms with Gasteiger partial charge in [-0.1, -0.05) is 22.8 Å². The Morgan fingerprint density at radius 3 is 2.74 bits per heavy atom. The van der Waals surface area contributed by atoms with E-state index in [9.17, 15) is 4.79 Å². The number of halogens is 1. The van der Waals surface area contributed by atoms with Crippen molar-refractivity contribution >= 4 is 35.3 Å². The van der Waals surface area contributed by atoms with Crippen molar-refractivity contribution in [2.24, 2.45) is 5.73 Å². The number of benzene rings is 1. The lowest BCUT2D eigenvalue weighted by Gasteiger charge is -2.12. The highest BCUT2D eigenvalue weighted by atomic mass is 35.5. The molecule has 2 aromatic rings. The fourth-order valence-electron chi connectivity index (χ4n) is 1.81. The number of nitrogen functional groups attached to an aromatic ring is 1. The molecule has 1 aromatic heterocycles. The highest BCUT2D eigenvalue weighted by Gasteiger charge is 2.12. The van der Waals surface area contributed by atoms with Crippen molar-refractivity contribution in [3.05, 3.63) is 34.2 Å². The predicted octanol–water partition coefficient (Wildman–Crippen LogP) is 2.26. The molecule has 0 aliphatic rings. The molecule has 0 atom stereocenters. The van der Waals surface area contributed by atoms with Crippen molar-refractivity contribution in [1.82, 2.24) is 5.16 Å². The second kappa shape index (κ2) is 7.06. The molecule has 0 aliphatic heterocycles. The van der Waals surface area contributed by atoms with Crippen LogP contribution in [0.3, 0.4) is 0 Å². The van der Waals surface area contributed by atoms with Crippen LogP contribution in [0.2, 0.25) is 5.02 Å². The third-order valence-electron chi connectivity index (χ3n) is 2.98. The van der Waals surface area contributed by atoms with E-state index in [-0.39, 0.29) is 17.4 Å². The van der Waals surface area contributed by atoms with E-state index in [0.29, 0.717) is 22.9 Å². The minimum atomic E-state index is -0.607. The minimum absolute atomic E-state index is 0.252. The van der Waals surface area contributed by atoms with Crippen LogP contribution in [-0.2, 0) is 4.79 Å². The number of nitrogens with zero attached hydrogens (tertiary/aromatic N) is 1. The van der Waals surface area contributed by atoms with Crippen LogP contribution in [0.5, 0.6) is 11.5 Å². The molecule has 0 radical (unpaired) electrons. The van der Waals surface area contributed by atoms with Crippen LogP contribution in [0.4, 0.5) is 5.69 Å². The Bertz CT molecular complexity index is 755. The van der Waals surface area contributed by atoms with Crippen LogP contribution in [0, 0.1) is 6.92 Å². The van der Waals surface area contributed by atoms with Gasteiger partial charge in [-0.2, -0.15) is 0 Å². The fraction of sp³-hybridized carbons (Fsp3) is 0.200. The summed E-state index contributed by atoms with van der Waals surface area (Å²) in [7, 11) is 1.47. The number of amides is 1. The number of carbonyl (C=O) groups excluding carboxylic acids is 1. The number of rotatable bonds is 6. The molecule has 7 nitrogen and oxygen atoms in total. The van der Waals surface area contributed by atoms with Gasteiger partial charge in [0, 0.05) is 0 Å². The maximum absolute atomic E-state index is 10.8. The van der Waals surface area contributed by atoms with E-state index in [4.69, 9.17) is 37.1 Å². The number of aryl methyl sites for hydroxylation is 1. The van der Waals surface area contributed by atoms with Crippen molar-refractivity contribution in [2.75, 3.05) is 19.5 Å². The smallest absolute Gasteiger partial charge is 0.255 e. The number of primary amides is 1. The van der Waals surface area contributed by atoms with E-state index in [2.05, 4.69) is 5.16 Å². The molecule has 0 fully saturated rings. The standard InChI is InChI=1S/C15H16ClN3O4/c1-8-14(18)11(19-23-8)4-3-9-5-10(16)15(12(6-9)21-2)22-7-13(17)20/h3-6H,7,18H2,1-2H3,(H2,17,20).